The molecule has 0 unspecified atom stereocenters. The van der Waals surface area contributed by atoms with Gasteiger partial charge in [-0.2, -0.15) is 0 Å². The number of aromatic hydroxyl groups is 4. The topological polar surface area (TPSA) is 134 Å². The summed E-state index contributed by atoms with van der Waals surface area (Å²) in [5.41, 5.74) is 0. The van der Waals surface area contributed by atoms with Crippen LogP contribution in [0.1, 0.15) is 19.3 Å². The van der Waals surface area contributed by atoms with Crippen molar-refractivity contribution in [1.29, 1.82) is 0 Å². The third-order valence-electron chi connectivity index (χ3n) is 3.12. The molecule has 0 saturated heterocycles. The largest absolute Gasteiger partial charge is 0.504 e. The molecular weight excluding hydrogens is 332 g/mol. The van der Waals surface area contributed by atoms with Crippen LogP contribution in [0.25, 0.3) is 0 Å². The lowest BCUT2D eigenvalue weighted by Crippen LogP contribution is -2.11. The van der Waals surface area contributed by atoms with Crippen LogP contribution in [0.5, 0.6) is 34.5 Å². The first-order chi connectivity index (χ1) is 11.8. The van der Waals surface area contributed by atoms with Gasteiger partial charge in [0.05, 0.1) is 0 Å². The van der Waals surface area contributed by atoms with Gasteiger partial charge < -0.3 is 29.9 Å². The van der Waals surface area contributed by atoms with E-state index in [9.17, 15) is 19.8 Å². The average Bonchev–Trinajstić information content (AvgIpc) is 2.54. The molecule has 4 N–H and O–H groups in total. The Morgan fingerprint density at radius 3 is 1.44 bits per heavy atom. The highest BCUT2D eigenvalue weighted by molar-refractivity contribution is 5.75. The lowest BCUT2D eigenvalue weighted by Gasteiger charge is -2.06. The van der Waals surface area contributed by atoms with Crippen molar-refractivity contribution in [3.05, 3.63) is 36.4 Å². The van der Waals surface area contributed by atoms with E-state index in [0.717, 1.165) is 12.1 Å². The molecule has 0 aliphatic heterocycles. The monoisotopic (exact) mass is 348 g/mol. The molecule has 0 aromatic heterocycles. The second-order valence-electron chi connectivity index (χ2n) is 5.10. The third-order valence-corrected chi connectivity index (χ3v) is 3.12. The van der Waals surface area contributed by atoms with Crippen LogP contribution in [0.15, 0.2) is 36.4 Å². The fourth-order valence-electron chi connectivity index (χ4n) is 1.88. The predicted molar refractivity (Wildman–Crippen MR) is 84.7 cm³/mol. The number of rotatable bonds is 6. The van der Waals surface area contributed by atoms with E-state index in [0.29, 0.717) is 0 Å². The number of hydrogen-bond acceptors (Lipinski definition) is 8. The van der Waals surface area contributed by atoms with Gasteiger partial charge in [-0.3, -0.25) is 9.59 Å². The first-order valence-corrected chi connectivity index (χ1v) is 7.30. The number of ether oxygens (including phenoxy) is 2. The average molecular weight is 348 g/mol. The Labute approximate surface area is 142 Å². The Balaban J connectivity index is 1.75. The van der Waals surface area contributed by atoms with E-state index in [-0.39, 0.29) is 42.3 Å². The lowest BCUT2D eigenvalue weighted by atomic mass is 10.2. The Hall–Kier alpha value is -3.42. The third kappa shape index (κ3) is 5.31. The maximum atomic E-state index is 11.7. The fourth-order valence-corrected chi connectivity index (χ4v) is 1.88. The molecule has 0 saturated carbocycles. The zero-order valence-electron chi connectivity index (χ0n) is 13.0. The van der Waals surface area contributed by atoms with Gasteiger partial charge in [-0.05, 0) is 30.7 Å². The van der Waals surface area contributed by atoms with E-state index in [1.54, 1.807) is 0 Å². The van der Waals surface area contributed by atoms with Crippen LogP contribution >= 0.6 is 0 Å². The summed E-state index contributed by atoms with van der Waals surface area (Å²) in [6.07, 6.45) is 0.0565. The van der Waals surface area contributed by atoms with Crippen molar-refractivity contribution in [1.82, 2.24) is 0 Å². The summed E-state index contributed by atoms with van der Waals surface area (Å²) in [6, 6.07) is 7.19. The van der Waals surface area contributed by atoms with Gasteiger partial charge in [-0.15, -0.1) is 0 Å². The lowest BCUT2D eigenvalue weighted by molar-refractivity contribution is -0.136. The zero-order chi connectivity index (χ0) is 18.4. The minimum Gasteiger partial charge on any atom is -0.504 e. The van der Waals surface area contributed by atoms with Crippen LogP contribution in [0.3, 0.4) is 0 Å². The number of phenols is 4. The first-order valence-electron chi connectivity index (χ1n) is 7.30. The molecule has 0 fully saturated rings. The summed E-state index contributed by atoms with van der Waals surface area (Å²) in [6.45, 7) is 0. The molecule has 2 rings (SSSR count). The number of carbonyl (C=O) groups is 2. The number of phenolic OH excluding ortho intramolecular Hbond substituents is 4. The Kier molecular flexibility index (Phi) is 5.67. The van der Waals surface area contributed by atoms with Gasteiger partial charge in [-0.25, -0.2) is 0 Å². The minimum absolute atomic E-state index is 0.0580. The van der Waals surface area contributed by atoms with Crippen molar-refractivity contribution < 1.29 is 39.5 Å². The van der Waals surface area contributed by atoms with Crippen molar-refractivity contribution in [3.63, 3.8) is 0 Å². The maximum absolute atomic E-state index is 11.7. The van der Waals surface area contributed by atoms with Gasteiger partial charge in [0.25, 0.3) is 0 Å². The van der Waals surface area contributed by atoms with Gasteiger partial charge in [0, 0.05) is 25.0 Å². The Morgan fingerprint density at radius 2 is 1.08 bits per heavy atom. The molecule has 0 aliphatic carbocycles. The summed E-state index contributed by atoms with van der Waals surface area (Å²) >= 11 is 0. The molecule has 0 radical (unpaired) electrons. The van der Waals surface area contributed by atoms with Gasteiger partial charge in [-0.1, -0.05) is 0 Å². The van der Waals surface area contributed by atoms with Gasteiger partial charge >= 0.3 is 11.9 Å². The SMILES string of the molecule is O=C(CCCC(=O)Oc1ccc(O)c(O)c1)Oc1ccc(O)c(O)c1. The Morgan fingerprint density at radius 1 is 0.680 bits per heavy atom. The van der Waals surface area contributed by atoms with Crippen molar-refractivity contribution in [2.75, 3.05) is 0 Å². The van der Waals surface area contributed by atoms with E-state index in [4.69, 9.17) is 19.7 Å². The Bertz CT molecular complexity index is 719. The normalized spacial score (nSPS) is 10.2. The summed E-state index contributed by atoms with van der Waals surface area (Å²) in [4.78, 5) is 23.3. The van der Waals surface area contributed by atoms with Crippen LogP contribution in [0.2, 0.25) is 0 Å². The van der Waals surface area contributed by atoms with Crippen LogP contribution in [0, 0.1) is 0 Å². The molecule has 2 aromatic carbocycles. The van der Waals surface area contributed by atoms with Crippen LogP contribution in [-0.4, -0.2) is 32.4 Å². The molecule has 2 aromatic rings. The number of esters is 2. The fraction of sp³-hybridized carbons (Fsp3) is 0.176. The van der Waals surface area contributed by atoms with Gasteiger partial charge in [0.2, 0.25) is 0 Å². The van der Waals surface area contributed by atoms with Gasteiger partial charge in [0.15, 0.2) is 23.0 Å². The second kappa shape index (κ2) is 7.91. The van der Waals surface area contributed by atoms with Crippen molar-refractivity contribution in [3.8, 4) is 34.5 Å². The number of carbonyl (C=O) groups excluding carboxylic acids is 2. The smallest absolute Gasteiger partial charge is 0.311 e. The van der Waals surface area contributed by atoms with Crippen LogP contribution in [-0.2, 0) is 9.59 Å². The van der Waals surface area contributed by atoms with E-state index in [1.807, 2.05) is 0 Å². The molecule has 0 amide bonds. The van der Waals surface area contributed by atoms with Crippen molar-refractivity contribution in [2.45, 2.75) is 19.3 Å². The highest BCUT2D eigenvalue weighted by Crippen LogP contribution is 2.29. The minimum atomic E-state index is -0.611. The molecular formula is C17H16O8. The standard InChI is InChI=1S/C17H16O8/c18-12-6-4-10(8-14(12)20)24-16(22)2-1-3-17(23)25-11-5-7-13(19)15(21)9-11/h4-9,18-21H,1-3H2. The molecule has 8 heteroatoms. The molecule has 0 bridgehead atoms. The van der Waals surface area contributed by atoms with E-state index >= 15 is 0 Å². The van der Waals surface area contributed by atoms with E-state index in [2.05, 4.69) is 0 Å². The molecule has 132 valence electrons. The van der Waals surface area contributed by atoms with E-state index < -0.39 is 23.4 Å². The number of hydrogen-bond donors (Lipinski definition) is 4. The highest BCUT2D eigenvalue weighted by Gasteiger charge is 2.11. The predicted octanol–water partition coefficient (Wildman–Crippen LogP) is 2.19. The highest BCUT2D eigenvalue weighted by atomic mass is 16.5. The zero-order valence-corrected chi connectivity index (χ0v) is 13.0. The molecule has 8 nitrogen and oxygen atoms in total. The van der Waals surface area contributed by atoms with Crippen molar-refractivity contribution in [2.24, 2.45) is 0 Å². The van der Waals surface area contributed by atoms with Crippen LogP contribution in [0.4, 0.5) is 0 Å². The summed E-state index contributed by atoms with van der Waals surface area (Å²) < 4.78 is 9.91. The summed E-state index contributed by atoms with van der Waals surface area (Å²) in [7, 11) is 0. The number of benzene rings is 2. The molecule has 0 heterocycles. The molecule has 0 atom stereocenters. The molecule has 25 heavy (non-hydrogen) atoms. The quantitative estimate of drug-likeness (QED) is 0.355. The first kappa shape index (κ1) is 17.9. The van der Waals surface area contributed by atoms with E-state index in [1.165, 1.54) is 24.3 Å². The molecule has 0 aliphatic rings. The van der Waals surface area contributed by atoms with Crippen LogP contribution < -0.4 is 9.47 Å². The second-order valence-corrected chi connectivity index (χ2v) is 5.10. The summed E-state index contributed by atoms with van der Waals surface area (Å²) in [5.74, 6) is -2.56. The molecule has 0 spiro atoms. The van der Waals surface area contributed by atoms with Crippen molar-refractivity contribution >= 4 is 11.9 Å². The summed E-state index contributed by atoms with van der Waals surface area (Å²) in [5, 5.41) is 36.9. The maximum Gasteiger partial charge on any atom is 0.311 e. The van der Waals surface area contributed by atoms with Gasteiger partial charge in [0.1, 0.15) is 11.5 Å².